The van der Waals surface area contributed by atoms with E-state index in [0.717, 1.165) is 5.39 Å². The maximum absolute atomic E-state index is 11.8. The van der Waals surface area contributed by atoms with E-state index < -0.39 is 23.7 Å². The number of carboxylic acids is 1. The first-order chi connectivity index (χ1) is 11.2. The van der Waals surface area contributed by atoms with Gasteiger partial charge in [-0.3, -0.25) is 0 Å². The monoisotopic (exact) mass is 329 g/mol. The minimum atomic E-state index is -1.16. The zero-order chi connectivity index (χ0) is 17.9. The van der Waals surface area contributed by atoms with Crippen molar-refractivity contribution < 1.29 is 19.4 Å². The number of aromatic amines is 1. The summed E-state index contributed by atoms with van der Waals surface area (Å²) in [6.07, 6.45) is 0.939. The van der Waals surface area contributed by atoms with Crippen molar-refractivity contribution in [2.45, 2.75) is 38.8 Å². The van der Waals surface area contributed by atoms with Gasteiger partial charge in [0, 0.05) is 18.0 Å². The van der Waals surface area contributed by atoms with Crippen LogP contribution in [0.4, 0.5) is 4.79 Å². The zero-order valence-corrected chi connectivity index (χ0v) is 13.7. The second-order valence-corrected chi connectivity index (χ2v) is 6.40. The molecule has 0 bridgehead atoms. The van der Waals surface area contributed by atoms with E-state index >= 15 is 0 Å². The fourth-order valence-electron chi connectivity index (χ4n) is 2.34. The van der Waals surface area contributed by atoms with Crippen LogP contribution in [0.2, 0.25) is 0 Å². The number of alkyl carbamates (subject to hydrolysis) is 1. The number of amides is 1. The number of carboxylic acid groups (broad SMARTS) is 1. The Morgan fingerprint density at radius 2 is 2.12 bits per heavy atom. The maximum Gasteiger partial charge on any atom is 0.408 e. The fraction of sp³-hybridized carbons (Fsp3) is 0.353. The molecule has 0 aliphatic heterocycles. The number of H-pyrrole nitrogens is 1. The molecule has 1 atom stereocenters. The number of hydrogen-bond acceptors (Lipinski definition) is 4. The van der Waals surface area contributed by atoms with E-state index in [9.17, 15) is 14.7 Å². The number of hydrogen-bond donors (Lipinski definition) is 3. The van der Waals surface area contributed by atoms with E-state index in [-0.39, 0.29) is 6.42 Å². The Hall–Kier alpha value is -3.01. The Labute approximate surface area is 139 Å². The second-order valence-electron chi connectivity index (χ2n) is 6.40. The molecule has 0 aliphatic carbocycles. The highest BCUT2D eigenvalue weighted by Crippen LogP contribution is 2.22. The highest BCUT2D eigenvalue weighted by Gasteiger charge is 2.25. The number of benzene rings is 1. The van der Waals surface area contributed by atoms with Gasteiger partial charge in [-0.05, 0) is 32.4 Å². The molecule has 1 unspecified atom stereocenters. The van der Waals surface area contributed by atoms with Crippen LogP contribution >= 0.6 is 0 Å². The van der Waals surface area contributed by atoms with Gasteiger partial charge in [-0.2, -0.15) is 5.26 Å². The van der Waals surface area contributed by atoms with Crippen LogP contribution in [0.15, 0.2) is 24.4 Å². The molecule has 1 aromatic heterocycles. The van der Waals surface area contributed by atoms with Gasteiger partial charge in [0.05, 0.1) is 11.1 Å². The summed E-state index contributed by atoms with van der Waals surface area (Å²) in [6, 6.07) is 6.15. The lowest BCUT2D eigenvalue weighted by atomic mass is 10.0. The summed E-state index contributed by atoms with van der Waals surface area (Å²) < 4.78 is 5.10. The van der Waals surface area contributed by atoms with E-state index in [4.69, 9.17) is 10.00 Å². The number of carbonyl (C=O) groups is 2. The Kier molecular flexibility index (Phi) is 4.79. The van der Waals surface area contributed by atoms with Crippen molar-refractivity contribution in [1.29, 1.82) is 5.26 Å². The van der Waals surface area contributed by atoms with Crippen LogP contribution in [0.1, 0.15) is 31.9 Å². The molecule has 3 N–H and O–H groups in total. The predicted molar refractivity (Wildman–Crippen MR) is 87.5 cm³/mol. The number of aliphatic carboxylic acids is 1. The minimum Gasteiger partial charge on any atom is -0.480 e. The normalized spacial score (nSPS) is 12.4. The van der Waals surface area contributed by atoms with Crippen molar-refractivity contribution in [3.05, 3.63) is 35.5 Å². The third kappa shape index (κ3) is 4.04. The van der Waals surface area contributed by atoms with Crippen LogP contribution in [0, 0.1) is 11.3 Å². The average Bonchev–Trinajstić information content (AvgIpc) is 2.87. The molecule has 0 aliphatic rings. The molecule has 7 heteroatoms. The van der Waals surface area contributed by atoms with Crippen LogP contribution < -0.4 is 5.32 Å². The number of rotatable bonds is 4. The maximum atomic E-state index is 11.8. The summed E-state index contributed by atoms with van der Waals surface area (Å²) in [4.78, 5) is 26.3. The van der Waals surface area contributed by atoms with Crippen LogP contribution in [0.3, 0.4) is 0 Å². The molecule has 0 saturated carbocycles. The van der Waals surface area contributed by atoms with Crippen LogP contribution in [-0.2, 0) is 16.0 Å². The number of para-hydroxylation sites is 1. The number of fused-ring (bicyclic) bond motifs is 1. The second kappa shape index (κ2) is 6.62. The predicted octanol–water partition coefficient (Wildman–Crippen LogP) is 2.56. The highest BCUT2D eigenvalue weighted by atomic mass is 16.6. The Morgan fingerprint density at radius 3 is 2.71 bits per heavy atom. The van der Waals surface area contributed by atoms with Crippen molar-refractivity contribution in [3.63, 3.8) is 0 Å². The third-order valence-electron chi connectivity index (χ3n) is 3.33. The molecule has 0 fully saturated rings. The molecule has 2 rings (SSSR count). The number of ether oxygens (including phenoxy) is 1. The Balaban J connectivity index is 2.22. The molecule has 0 spiro atoms. The SMILES string of the molecule is CC(C)(C)OC(=O)NC(Cc1c[nH]c2c(C#N)cccc12)C(=O)O. The van der Waals surface area contributed by atoms with Crippen molar-refractivity contribution in [3.8, 4) is 6.07 Å². The van der Waals surface area contributed by atoms with E-state index in [0.29, 0.717) is 16.6 Å². The van der Waals surface area contributed by atoms with Gasteiger partial charge >= 0.3 is 12.1 Å². The molecular formula is C17H19N3O4. The van der Waals surface area contributed by atoms with Crippen molar-refractivity contribution in [2.24, 2.45) is 0 Å². The van der Waals surface area contributed by atoms with Crippen LogP contribution in [0.5, 0.6) is 0 Å². The first kappa shape index (κ1) is 17.3. The quantitative estimate of drug-likeness (QED) is 0.797. The first-order valence-corrected chi connectivity index (χ1v) is 7.42. The minimum absolute atomic E-state index is 0.0729. The molecule has 7 nitrogen and oxygen atoms in total. The van der Waals surface area contributed by atoms with Crippen molar-refractivity contribution in [2.75, 3.05) is 0 Å². The molecule has 126 valence electrons. The molecule has 2 aromatic rings. The van der Waals surface area contributed by atoms with Crippen molar-refractivity contribution in [1.82, 2.24) is 10.3 Å². The molecule has 0 saturated heterocycles. The summed E-state index contributed by atoms with van der Waals surface area (Å²) in [5.41, 5.74) is 1.11. The van der Waals surface area contributed by atoms with E-state index in [2.05, 4.69) is 16.4 Å². The number of nitrogens with one attached hydrogen (secondary N) is 2. The number of nitrogens with zero attached hydrogens (tertiary/aromatic N) is 1. The van der Waals surface area contributed by atoms with Gasteiger partial charge in [0.25, 0.3) is 0 Å². The summed E-state index contributed by atoms with van der Waals surface area (Å²) >= 11 is 0. The standard InChI is InChI=1S/C17H19N3O4/c1-17(2,3)24-16(23)20-13(15(21)22)7-11-9-19-14-10(8-18)5-4-6-12(11)14/h4-6,9,13,19H,7H2,1-3H3,(H,20,23)(H,21,22). The Morgan fingerprint density at radius 1 is 1.42 bits per heavy atom. The number of nitriles is 1. The number of aromatic nitrogens is 1. The molecule has 1 aromatic carbocycles. The summed E-state index contributed by atoms with van der Waals surface area (Å²) in [5.74, 6) is -1.16. The van der Waals surface area contributed by atoms with Crippen molar-refractivity contribution >= 4 is 23.0 Å². The van der Waals surface area contributed by atoms with Gasteiger partial charge < -0.3 is 20.1 Å². The van der Waals surface area contributed by atoms with E-state index in [1.165, 1.54) is 0 Å². The zero-order valence-electron chi connectivity index (χ0n) is 13.7. The lowest BCUT2D eigenvalue weighted by molar-refractivity contribution is -0.139. The largest absolute Gasteiger partial charge is 0.480 e. The topological polar surface area (TPSA) is 115 Å². The van der Waals surface area contributed by atoms with Gasteiger partial charge in [-0.25, -0.2) is 9.59 Å². The lowest BCUT2D eigenvalue weighted by Gasteiger charge is -2.22. The fourth-order valence-corrected chi connectivity index (χ4v) is 2.34. The third-order valence-corrected chi connectivity index (χ3v) is 3.33. The van der Waals surface area contributed by atoms with E-state index in [1.54, 1.807) is 45.2 Å². The summed E-state index contributed by atoms with van der Waals surface area (Å²) in [7, 11) is 0. The number of carbonyl (C=O) groups excluding carboxylic acids is 1. The molecule has 1 heterocycles. The molecule has 24 heavy (non-hydrogen) atoms. The van der Waals surface area contributed by atoms with Gasteiger partial charge in [0.2, 0.25) is 0 Å². The average molecular weight is 329 g/mol. The smallest absolute Gasteiger partial charge is 0.408 e. The Bertz CT molecular complexity index is 811. The van der Waals surface area contributed by atoms with Crippen LogP contribution in [0.25, 0.3) is 10.9 Å². The van der Waals surface area contributed by atoms with Gasteiger partial charge in [-0.1, -0.05) is 12.1 Å². The lowest BCUT2D eigenvalue weighted by Crippen LogP contribution is -2.44. The summed E-state index contributed by atoms with van der Waals surface area (Å²) in [5, 5.41) is 21.6. The molecular weight excluding hydrogens is 310 g/mol. The van der Waals surface area contributed by atoms with Gasteiger partial charge in [0.15, 0.2) is 0 Å². The molecule has 1 amide bonds. The van der Waals surface area contributed by atoms with Gasteiger partial charge in [0.1, 0.15) is 17.7 Å². The highest BCUT2D eigenvalue weighted by molar-refractivity contribution is 5.89. The molecule has 0 radical (unpaired) electrons. The summed E-state index contributed by atoms with van der Waals surface area (Å²) in [6.45, 7) is 5.10. The van der Waals surface area contributed by atoms with Gasteiger partial charge in [-0.15, -0.1) is 0 Å². The first-order valence-electron chi connectivity index (χ1n) is 7.42. The van der Waals surface area contributed by atoms with E-state index in [1.807, 2.05) is 0 Å². The van der Waals surface area contributed by atoms with Crippen LogP contribution in [-0.4, -0.2) is 33.8 Å².